The molecule has 0 aliphatic rings. The lowest BCUT2D eigenvalue weighted by Gasteiger charge is -2.02. The van der Waals surface area contributed by atoms with E-state index < -0.39 is 5.44 Å². The third-order valence-corrected chi connectivity index (χ3v) is 1.47. The first-order valence-electron chi connectivity index (χ1n) is 2.35. The van der Waals surface area contributed by atoms with E-state index in [2.05, 4.69) is 0 Å². The van der Waals surface area contributed by atoms with Gasteiger partial charge in [0, 0.05) is 0 Å². The average molecular weight is 134 g/mol. The van der Waals surface area contributed by atoms with Crippen LogP contribution in [0.3, 0.4) is 0 Å². The number of aliphatic hydroxyl groups excluding tert-OH is 1. The zero-order chi connectivity index (χ0) is 6.57. The van der Waals surface area contributed by atoms with Crippen LogP contribution in [0.1, 0.15) is 13.3 Å². The maximum atomic E-state index is 8.77. The summed E-state index contributed by atoms with van der Waals surface area (Å²) in [5.74, 6) is 0. The SMILES string of the molecule is CCC(O)SC(=N)N. The topological polar surface area (TPSA) is 70.1 Å². The smallest absolute Gasteiger partial charge is 0.153 e. The molecule has 0 aromatic carbocycles. The number of hydrogen-bond donors (Lipinski definition) is 3. The number of aliphatic hydroxyl groups is 1. The molecule has 1 atom stereocenters. The van der Waals surface area contributed by atoms with Gasteiger partial charge in [-0.25, -0.2) is 0 Å². The molecule has 0 rings (SSSR count). The van der Waals surface area contributed by atoms with Crippen molar-refractivity contribution < 1.29 is 5.11 Å². The highest BCUT2D eigenvalue weighted by Crippen LogP contribution is 2.08. The maximum Gasteiger partial charge on any atom is 0.153 e. The van der Waals surface area contributed by atoms with Crippen LogP contribution in [0.4, 0.5) is 0 Å². The minimum Gasteiger partial charge on any atom is -0.382 e. The van der Waals surface area contributed by atoms with Crippen molar-refractivity contribution in [3.63, 3.8) is 0 Å². The second kappa shape index (κ2) is 3.74. The van der Waals surface area contributed by atoms with Crippen molar-refractivity contribution in [2.75, 3.05) is 0 Å². The molecule has 4 heteroatoms. The molecule has 0 saturated carbocycles. The maximum absolute atomic E-state index is 8.77. The molecule has 0 aromatic rings. The van der Waals surface area contributed by atoms with E-state index in [9.17, 15) is 0 Å². The van der Waals surface area contributed by atoms with E-state index in [-0.39, 0.29) is 5.17 Å². The molecular weight excluding hydrogens is 124 g/mol. The van der Waals surface area contributed by atoms with Gasteiger partial charge in [-0.15, -0.1) is 0 Å². The van der Waals surface area contributed by atoms with Gasteiger partial charge in [-0.1, -0.05) is 18.7 Å². The summed E-state index contributed by atoms with van der Waals surface area (Å²) >= 11 is 0.971. The first kappa shape index (κ1) is 7.78. The molecule has 0 heterocycles. The van der Waals surface area contributed by atoms with Gasteiger partial charge in [-0.3, -0.25) is 5.41 Å². The van der Waals surface area contributed by atoms with Gasteiger partial charge in [-0.2, -0.15) is 0 Å². The summed E-state index contributed by atoms with van der Waals surface area (Å²) in [6.45, 7) is 1.83. The second-order valence-electron chi connectivity index (χ2n) is 1.35. The number of thioether (sulfide) groups is 1. The molecule has 1 unspecified atom stereocenters. The minimum atomic E-state index is -0.507. The minimum absolute atomic E-state index is 0.0284. The Balaban J connectivity index is 3.24. The number of amidine groups is 1. The van der Waals surface area contributed by atoms with Crippen LogP contribution in [-0.4, -0.2) is 15.7 Å². The van der Waals surface area contributed by atoms with E-state index in [0.717, 1.165) is 11.8 Å². The molecule has 48 valence electrons. The van der Waals surface area contributed by atoms with E-state index in [1.807, 2.05) is 6.92 Å². The largest absolute Gasteiger partial charge is 0.382 e. The number of hydrogen-bond acceptors (Lipinski definition) is 3. The van der Waals surface area contributed by atoms with Gasteiger partial charge in [0.1, 0.15) is 5.44 Å². The lowest BCUT2D eigenvalue weighted by molar-refractivity contribution is 0.260. The first-order chi connectivity index (χ1) is 3.66. The lowest BCUT2D eigenvalue weighted by Crippen LogP contribution is -2.10. The van der Waals surface area contributed by atoms with Gasteiger partial charge in [0.05, 0.1) is 0 Å². The van der Waals surface area contributed by atoms with Gasteiger partial charge in [-0.05, 0) is 6.42 Å². The summed E-state index contributed by atoms with van der Waals surface area (Å²) in [5.41, 5.74) is 4.45. The molecule has 0 amide bonds. The summed E-state index contributed by atoms with van der Waals surface area (Å²) in [6.07, 6.45) is 0.629. The fraction of sp³-hybridized carbons (Fsp3) is 0.750. The normalized spacial score (nSPS) is 13.2. The third-order valence-electron chi connectivity index (χ3n) is 0.612. The van der Waals surface area contributed by atoms with Crippen molar-refractivity contribution in [1.82, 2.24) is 0 Å². The summed E-state index contributed by atoms with van der Waals surface area (Å²) in [7, 11) is 0. The van der Waals surface area contributed by atoms with Gasteiger partial charge in [0.15, 0.2) is 5.17 Å². The Morgan fingerprint density at radius 3 is 2.62 bits per heavy atom. The summed E-state index contributed by atoms with van der Waals surface area (Å²) in [4.78, 5) is 0. The van der Waals surface area contributed by atoms with Crippen LogP contribution < -0.4 is 5.73 Å². The van der Waals surface area contributed by atoms with E-state index in [0.29, 0.717) is 6.42 Å². The van der Waals surface area contributed by atoms with Crippen molar-refractivity contribution in [2.45, 2.75) is 18.8 Å². The van der Waals surface area contributed by atoms with Crippen LogP contribution in [0.25, 0.3) is 0 Å². The molecule has 0 fully saturated rings. The Morgan fingerprint density at radius 2 is 2.50 bits per heavy atom. The number of nitrogens with two attached hydrogens (primary N) is 1. The Kier molecular flexibility index (Phi) is 3.64. The number of nitrogens with one attached hydrogen (secondary N) is 1. The van der Waals surface area contributed by atoms with Crippen LogP contribution in [0.5, 0.6) is 0 Å². The summed E-state index contributed by atoms with van der Waals surface area (Å²) in [5, 5.41) is 15.5. The Bertz CT molecular complexity index is 86.1. The average Bonchev–Trinajstić information content (AvgIpc) is 1.65. The van der Waals surface area contributed by atoms with Crippen molar-refractivity contribution in [3.8, 4) is 0 Å². The zero-order valence-electron chi connectivity index (χ0n) is 4.72. The fourth-order valence-corrected chi connectivity index (χ4v) is 0.690. The van der Waals surface area contributed by atoms with Crippen LogP contribution >= 0.6 is 11.8 Å². The molecule has 0 radical (unpaired) electrons. The quantitative estimate of drug-likeness (QED) is 0.290. The zero-order valence-corrected chi connectivity index (χ0v) is 5.53. The van der Waals surface area contributed by atoms with Gasteiger partial charge in [0.25, 0.3) is 0 Å². The molecule has 0 aliphatic carbocycles. The molecule has 0 spiro atoms. The molecule has 0 bridgehead atoms. The highest BCUT2D eigenvalue weighted by molar-refractivity contribution is 8.14. The number of rotatable bonds is 2. The van der Waals surface area contributed by atoms with E-state index in [1.54, 1.807) is 0 Å². The van der Waals surface area contributed by atoms with Gasteiger partial charge in [0.2, 0.25) is 0 Å². The molecular formula is C4H10N2OS. The molecule has 4 N–H and O–H groups in total. The molecule has 0 aromatic heterocycles. The third kappa shape index (κ3) is 3.95. The van der Waals surface area contributed by atoms with Crippen LogP contribution in [0.2, 0.25) is 0 Å². The molecule has 3 nitrogen and oxygen atoms in total. The monoisotopic (exact) mass is 134 g/mol. The van der Waals surface area contributed by atoms with E-state index in [1.165, 1.54) is 0 Å². The predicted molar refractivity (Wildman–Crippen MR) is 35.8 cm³/mol. The summed E-state index contributed by atoms with van der Waals surface area (Å²) < 4.78 is 0. The summed E-state index contributed by atoms with van der Waals surface area (Å²) in [6, 6.07) is 0. The van der Waals surface area contributed by atoms with Crippen LogP contribution in [-0.2, 0) is 0 Å². The second-order valence-corrected chi connectivity index (χ2v) is 2.56. The first-order valence-corrected chi connectivity index (χ1v) is 3.23. The Hall–Kier alpha value is -0.220. The van der Waals surface area contributed by atoms with Crippen LogP contribution in [0.15, 0.2) is 0 Å². The van der Waals surface area contributed by atoms with E-state index >= 15 is 0 Å². The molecule has 0 saturated heterocycles. The lowest BCUT2D eigenvalue weighted by atomic mass is 10.5. The standard InChI is InChI=1S/C4H10N2OS/c1-2-3(7)8-4(5)6/h3,7H,2H2,1H3,(H3,5,6). The highest BCUT2D eigenvalue weighted by atomic mass is 32.2. The molecule has 0 aliphatic heterocycles. The van der Waals surface area contributed by atoms with Crippen molar-refractivity contribution in [1.29, 1.82) is 5.41 Å². The van der Waals surface area contributed by atoms with Crippen molar-refractivity contribution in [3.05, 3.63) is 0 Å². The Labute approximate surface area is 52.8 Å². The fourth-order valence-electron chi connectivity index (χ4n) is 0.230. The van der Waals surface area contributed by atoms with Gasteiger partial charge < -0.3 is 10.8 Å². The molecule has 8 heavy (non-hydrogen) atoms. The Morgan fingerprint density at radius 1 is 2.00 bits per heavy atom. The van der Waals surface area contributed by atoms with Crippen molar-refractivity contribution in [2.24, 2.45) is 5.73 Å². The van der Waals surface area contributed by atoms with E-state index in [4.69, 9.17) is 16.2 Å². The van der Waals surface area contributed by atoms with Crippen LogP contribution in [0, 0.1) is 5.41 Å². The highest BCUT2D eigenvalue weighted by Gasteiger charge is 2.00. The van der Waals surface area contributed by atoms with Crippen molar-refractivity contribution >= 4 is 16.9 Å². The van der Waals surface area contributed by atoms with Gasteiger partial charge >= 0.3 is 0 Å². The predicted octanol–water partition coefficient (Wildman–Crippen LogP) is 0.341.